The number of rotatable bonds is 7. The first-order valence-electron chi connectivity index (χ1n) is 10.5. The van der Waals surface area contributed by atoms with Crippen molar-refractivity contribution in [3.63, 3.8) is 0 Å². The van der Waals surface area contributed by atoms with Crippen LogP contribution < -0.4 is 10.6 Å². The molecule has 1 saturated heterocycles. The number of hydrogen-bond acceptors (Lipinski definition) is 3. The number of hydrogen-bond donors (Lipinski definition) is 3. The molecule has 1 aliphatic heterocycles. The predicted octanol–water partition coefficient (Wildman–Crippen LogP) is 3.79. The van der Waals surface area contributed by atoms with E-state index in [0.29, 0.717) is 19.0 Å². The van der Waals surface area contributed by atoms with E-state index in [9.17, 15) is 13.9 Å². The van der Waals surface area contributed by atoms with E-state index >= 15 is 0 Å². The van der Waals surface area contributed by atoms with Gasteiger partial charge in [0, 0.05) is 31.2 Å². The summed E-state index contributed by atoms with van der Waals surface area (Å²) in [5.41, 5.74) is 1.98. The van der Waals surface area contributed by atoms with E-state index in [1.165, 1.54) is 18.2 Å². The van der Waals surface area contributed by atoms with Gasteiger partial charge in [0.25, 0.3) is 0 Å². The number of aliphatic hydroxyl groups is 1. The van der Waals surface area contributed by atoms with Crippen molar-refractivity contribution in [2.24, 2.45) is 4.99 Å². The molecule has 1 fully saturated rings. The molecule has 1 unspecified atom stereocenters. The Labute approximate surface area is 200 Å². The quantitative estimate of drug-likeness (QED) is 0.282. The van der Waals surface area contributed by atoms with Gasteiger partial charge in [-0.1, -0.05) is 30.3 Å². The molecule has 0 aliphatic carbocycles. The van der Waals surface area contributed by atoms with Gasteiger partial charge in [-0.05, 0) is 49.6 Å². The molecule has 0 spiro atoms. The number of nitrogens with zero attached hydrogens (tertiary/aromatic N) is 2. The molecule has 0 saturated carbocycles. The van der Waals surface area contributed by atoms with Gasteiger partial charge in [-0.3, -0.25) is 4.90 Å². The zero-order valence-electron chi connectivity index (χ0n) is 17.8. The van der Waals surface area contributed by atoms with Crippen LogP contribution in [0.5, 0.6) is 0 Å². The molecule has 0 amide bonds. The summed E-state index contributed by atoms with van der Waals surface area (Å²) in [6.45, 7) is 4.93. The minimum absolute atomic E-state index is 0. The normalized spacial score (nSPS) is 17.2. The van der Waals surface area contributed by atoms with Crippen molar-refractivity contribution in [1.29, 1.82) is 0 Å². The molecule has 8 heteroatoms. The summed E-state index contributed by atoms with van der Waals surface area (Å²) in [6.07, 6.45) is 1.91. The zero-order valence-corrected chi connectivity index (χ0v) is 20.1. The Hall–Kier alpha value is -1.78. The first-order valence-corrected chi connectivity index (χ1v) is 10.5. The molecule has 31 heavy (non-hydrogen) atoms. The third kappa shape index (κ3) is 7.40. The molecule has 170 valence electrons. The van der Waals surface area contributed by atoms with E-state index < -0.39 is 11.6 Å². The number of aliphatic hydroxyl groups excluding tert-OH is 1. The molecule has 1 atom stereocenters. The summed E-state index contributed by atoms with van der Waals surface area (Å²) in [5, 5.41) is 16.2. The van der Waals surface area contributed by atoms with Crippen molar-refractivity contribution in [3.8, 4) is 0 Å². The Morgan fingerprint density at radius 3 is 2.52 bits per heavy atom. The number of guanidine groups is 1. The first-order chi connectivity index (χ1) is 14.6. The number of piperidine rings is 1. The van der Waals surface area contributed by atoms with Gasteiger partial charge in [-0.25, -0.2) is 13.8 Å². The maximum Gasteiger partial charge on any atom is 0.191 e. The third-order valence-electron chi connectivity index (χ3n) is 5.33. The third-order valence-corrected chi connectivity index (χ3v) is 5.33. The van der Waals surface area contributed by atoms with Crippen molar-refractivity contribution >= 4 is 29.9 Å². The van der Waals surface area contributed by atoms with Crippen molar-refractivity contribution < 1.29 is 13.9 Å². The summed E-state index contributed by atoms with van der Waals surface area (Å²) in [6, 6.07) is 11.8. The molecule has 3 rings (SSSR count). The van der Waals surface area contributed by atoms with Crippen LogP contribution in [-0.2, 0) is 19.7 Å². The molecule has 1 heterocycles. The van der Waals surface area contributed by atoms with E-state index in [2.05, 4.69) is 20.5 Å². The molecule has 0 radical (unpaired) electrons. The Morgan fingerprint density at radius 1 is 1.13 bits per heavy atom. The molecule has 1 aliphatic rings. The fourth-order valence-electron chi connectivity index (χ4n) is 3.77. The van der Waals surface area contributed by atoms with Crippen LogP contribution in [0.25, 0.3) is 0 Å². The smallest absolute Gasteiger partial charge is 0.191 e. The van der Waals surface area contributed by atoms with Gasteiger partial charge >= 0.3 is 0 Å². The minimum atomic E-state index is -0.498. The maximum absolute atomic E-state index is 14.0. The SMILES string of the molecule is CCNC(=NCc1ccccc1CO)NC1CCCN(Cc2c(F)cccc2F)C1.I. The summed E-state index contributed by atoms with van der Waals surface area (Å²) < 4.78 is 28.0. The van der Waals surface area contributed by atoms with Crippen molar-refractivity contribution in [2.75, 3.05) is 19.6 Å². The van der Waals surface area contributed by atoms with Crippen LogP contribution >= 0.6 is 24.0 Å². The molecular weight excluding hydrogens is 513 g/mol. The maximum atomic E-state index is 14.0. The van der Waals surface area contributed by atoms with Crippen LogP contribution in [-0.4, -0.2) is 41.6 Å². The lowest BCUT2D eigenvalue weighted by atomic mass is 10.0. The molecule has 2 aromatic rings. The average Bonchev–Trinajstić information content (AvgIpc) is 2.75. The molecule has 5 nitrogen and oxygen atoms in total. The lowest BCUT2D eigenvalue weighted by Crippen LogP contribution is -2.51. The highest BCUT2D eigenvalue weighted by Crippen LogP contribution is 2.18. The zero-order chi connectivity index (χ0) is 21.3. The van der Waals surface area contributed by atoms with E-state index in [1.54, 1.807) is 0 Å². The van der Waals surface area contributed by atoms with Gasteiger partial charge in [0.05, 0.1) is 13.2 Å². The number of aliphatic imine (C=N–C) groups is 1. The molecule has 3 N–H and O–H groups in total. The van der Waals surface area contributed by atoms with E-state index in [0.717, 1.165) is 37.1 Å². The van der Waals surface area contributed by atoms with Crippen LogP contribution in [0.15, 0.2) is 47.5 Å². The highest BCUT2D eigenvalue weighted by atomic mass is 127. The molecule has 2 aromatic carbocycles. The molecule has 0 aromatic heterocycles. The summed E-state index contributed by atoms with van der Waals surface area (Å²) in [7, 11) is 0. The highest BCUT2D eigenvalue weighted by molar-refractivity contribution is 14.0. The number of likely N-dealkylation sites (tertiary alicyclic amines) is 1. The second kappa shape index (κ2) is 12.9. The highest BCUT2D eigenvalue weighted by Gasteiger charge is 2.22. The van der Waals surface area contributed by atoms with Gasteiger partial charge in [0.1, 0.15) is 11.6 Å². The first kappa shape index (κ1) is 25.5. The largest absolute Gasteiger partial charge is 0.392 e. The topological polar surface area (TPSA) is 59.9 Å². The lowest BCUT2D eigenvalue weighted by Gasteiger charge is -2.34. The molecule has 0 bridgehead atoms. The average molecular weight is 544 g/mol. The van der Waals surface area contributed by atoms with E-state index in [1.807, 2.05) is 31.2 Å². The van der Waals surface area contributed by atoms with Crippen LogP contribution in [0.2, 0.25) is 0 Å². The van der Waals surface area contributed by atoms with Gasteiger partial charge in [-0.2, -0.15) is 0 Å². The number of halogens is 3. The van der Waals surface area contributed by atoms with Gasteiger partial charge in [0.2, 0.25) is 0 Å². The standard InChI is InChI=1S/C23H30F2N4O.HI/c1-2-26-23(27-13-17-7-3-4-8-18(17)16-30)28-19-9-6-12-29(14-19)15-20-21(24)10-5-11-22(20)25;/h3-5,7-8,10-11,19,30H,2,6,9,12-16H2,1H3,(H2,26,27,28);1H. The van der Waals surface area contributed by atoms with Crippen molar-refractivity contribution in [2.45, 2.75) is 45.5 Å². The van der Waals surface area contributed by atoms with E-state index in [-0.39, 0.29) is 48.7 Å². The Morgan fingerprint density at radius 2 is 1.84 bits per heavy atom. The Kier molecular flexibility index (Phi) is 10.6. The van der Waals surface area contributed by atoms with Gasteiger partial charge in [-0.15, -0.1) is 24.0 Å². The lowest BCUT2D eigenvalue weighted by molar-refractivity contribution is 0.188. The fraction of sp³-hybridized carbons (Fsp3) is 0.435. The summed E-state index contributed by atoms with van der Waals surface area (Å²) in [4.78, 5) is 6.75. The second-order valence-corrected chi connectivity index (χ2v) is 7.54. The predicted molar refractivity (Wildman–Crippen MR) is 130 cm³/mol. The minimum Gasteiger partial charge on any atom is -0.392 e. The Bertz CT molecular complexity index is 845. The summed E-state index contributed by atoms with van der Waals surface area (Å²) >= 11 is 0. The van der Waals surface area contributed by atoms with Crippen LogP contribution in [0.4, 0.5) is 8.78 Å². The summed E-state index contributed by atoms with van der Waals surface area (Å²) in [5.74, 6) is -0.292. The van der Waals surface area contributed by atoms with Gasteiger partial charge < -0.3 is 15.7 Å². The van der Waals surface area contributed by atoms with Crippen LogP contribution in [0, 0.1) is 11.6 Å². The van der Waals surface area contributed by atoms with E-state index in [4.69, 9.17) is 0 Å². The van der Waals surface area contributed by atoms with Crippen molar-refractivity contribution in [1.82, 2.24) is 15.5 Å². The molecular formula is C23H31F2IN4O. The monoisotopic (exact) mass is 544 g/mol. The van der Waals surface area contributed by atoms with Crippen LogP contribution in [0.3, 0.4) is 0 Å². The van der Waals surface area contributed by atoms with Crippen LogP contribution in [0.1, 0.15) is 36.5 Å². The Balaban J connectivity index is 0.00000341. The van der Waals surface area contributed by atoms with Gasteiger partial charge in [0.15, 0.2) is 5.96 Å². The number of nitrogens with one attached hydrogen (secondary N) is 2. The number of benzene rings is 2. The second-order valence-electron chi connectivity index (χ2n) is 7.54. The fourth-order valence-corrected chi connectivity index (χ4v) is 3.77. The van der Waals surface area contributed by atoms with Crippen molar-refractivity contribution in [3.05, 3.63) is 70.8 Å².